The minimum atomic E-state index is -0.558. The molecule has 0 spiro atoms. The fourth-order valence-corrected chi connectivity index (χ4v) is 5.52. The van der Waals surface area contributed by atoms with Crippen LogP contribution in [-0.4, -0.2) is 114 Å². The summed E-state index contributed by atoms with van der Waals surface area (Å²) in [7, 11) is 0. The SMILES string of the molecule is CCCCOC(=O)N1CCN(C(=O)CNC(=O)c2cc(OCC(=O)N3CCCC3C(=O)NC3CC3)c3ccc(C)cc3n2)CC1. The lowest BCUT2D eigenvalue weighted by Gasteiger charge is -2.34. The van der Waals surface area contributed by atoms with E-state index in [9.17, 15) is 24.0 Å². The Morgan fingerprint density at radius 1 is 0.956 bits per heavy atom. The number of rotatable bonds is 11. The van der Waals surface area contributed by atoms with E-state index in [1.165, 1.54) is 6.07 Å². The highest BCUT2D eigenvalue weighted by Gasteiger charge is 2.36. The molecule has 5 amide bonds. The minimum Gasteiger partial charge on any atom is -0.483 e. The molecule has 3 aliphatic rings. The van der Waals surface area contributed by atoms with Crippen molar-refractivity contribution in [1.29, 1.82) is 0 Å². The lowest BCUT2D eigenvalue weighted by molar-refractivity contribution is -0.140. The summed E-state index contributed by atoms with van der Waals surface area (Å²) in [6, 6.07) is 6.71. The molecule has 13 nitrogen and oxygen atoms in total. The van der Waals surface area contributed by atoms with E-state index >= 15 is 0 Å². The van der Waals surface area contributed by atoms with Crippen LogP contribution >= 0.6 is 0 Å². The normalized spacial score (nSPS) is 18.1. The Kier molecular flexibility index (Phi) is 10.4. The smallest absolute Gasteiger partial charge is 0.409 e. The van der Waals surface area contributed by atoms with E-state index in [0.29, 0.717) is 62.4 Å². The van der Waals surface area contributed by atoms with Gasteiger partial charge in [0, 0.05) is 50.2 Å². The van der Waals surface area contributed by atoms with Crippen LogP contribution < -0.4 is 15.4 Å². The van der Waals surface area contributed by atoms with Crippen LogP contribution in [0.1, 0.15) is 61.5 Å². The molecule has 1 aromatic heterocycles. The number of benzene rings is 1. The Morgan fingerprint density at radius 2 is 1.71 bits per heavy atom. The van der Waals surface area contributed by atoms with Crippen molar-refractivity contribution in [2.24, 2.45) is 0 Å². The number of hydrogen-bond donors (Lipinski definition) is 2. The fourth-order valence-electron chi connectivity index (χ4n) is 5.52. The third-order valence-electron chi connectivity index (χ3n) is 8.32. The number of unbranched alkanes of at least 4 members (excludes halogenated alkanes) is 1. The van der Waals surface area contributed by atoms with Crippen molar-refractivity contribution in [2.45, 2.75) is 64.5 Å². The molecule has 2 N–H and O–H groups in total. The van der Waals surface area contributed by atoms with E-state index in [-0.39, 0.29) is 48.7 Å². The number of nitrogens with one attached hydrogen (secondary N) is 2. The average molecular weight is 623 g/mol. The van der Waals surface area contributed by atoms with E-state index < -0.39 is 11.9 Å². The van der Waals surface area contributed by atoms with Crippen molar-refractivity contribution in [3.05, 3.63) is 35.5 Å². The zero-order valence-corrected chi connectivity index (χ0v) is 26.0. The molecule has 1 aliphatic carbocycles. The first kappa shape index (κ1) is 32.0. The first-order valence-electron chi connectivity index (χ1n) is 15.8. The number of amides is 5. The van der Waals surface area contributed by atoms with Crippen LogP contribution in [0, 0.1) is 6.92 Å². The Balaban J connectivity index is 1.18. The first-order valence-corrected chi connectivity index (χ1v) is 15.8. The maximum atomic E-state index is 13.1. The largest absolute Gasteiger partial charge is 0.483 e. The number of ether oxygens (including phenoxy) is 2. The van der Waals surface area contributed by atoms with Crippen molar-refractivity contribution >= 4 is 40.6 Å². The summed E-state index contributed by atoms with van der Waals surface area (Å²) in [6.07, 6.45) is 4.68. The average Bonchev–Trinajstić information content (AvgIpc) is 3.72. The van der Waals surface area contributed by atoms with Crippen molar-refractivity contribution in [3.63, 3.8) is 0 Å². The van der Waals surface area contributed by atoms with Gasteiger partial charge >= 0.3 is 6.09 Å². The van der Waals surface area contributed by atoms with E-state index in [2.05, 4.69) is 15.6 Å². The molecule has 0 bridgehead atoms. The van der Waals surface area contributed by atoms with Gasteiger partial charge in [-0.1, -0.05) is 19.4 Å². The summed E-state index contributed by atoms with van der Waals surface area (Å²) in [5.41, 5.74) is 1.49. The number of aromatic nitrogens is 1. The van der Waals surface area contributed by atoms with Gasteiger partial charge in [-0.15, -0.1) is 0 Å². The topological polar surface area (TPSA) is 150 Å². The Labute approximate surface area is 262 Å². The Hall–Kier alpha value is -4.42. The molecule has 0 radical (unpaired) electrons. The summed E-state index contributed by atoms with van der Waals surface area (Å²) in [5.74, 6) is -0.936. The molecular weight excluding hydrogens is 580 g/mol. The zero-order chi connectivity index (χ0) is 31.9. The molecule has 2 aromatic rings. The van der Waals surface area contributed by atoms with Gasteiger partial charge in [0.2, 0.25) is 11.8 Å². The number of carbonyl (C=O) groups excluding carboxylic acids is 5. The highest BCUT2D eigenvalue weighted by Crippen LogP contribution is 2.27. The molecule has 2 aliphatic heterocycles. The van der Waals surface area contributed by atoms with E-state index in [4.69, 9.17) is 9.47 Å². The molecule has 13 heteroatoms. The van der Waals surface area contributed by atoms with Gasteiger partial charge in [0.15, 0.2) is 6.61 Å². The molecule has 1 atom stereocenters. The van der Waals surface area contributed by atoms with Gasteiger partial charge in [-0.25, -0.2) is 9.78 Å². The summed E-state index contributed by atoms with van der Waals surface area (Å²) < 4.78 is 11.2. The summed E-state index contributed by atoms with van der Waals surface area (Å²) in [4.78, 5) is 73.2. The van der Waals surface area contributed by atoms with Crippen LogP contribution in [0.4, 0.5) is 4.79 Å². The van der Waals surface area contributed by atoms with Crippen molar-refractivity contribution < 1.29 is 33.4 Å². The molecule has 2 saturated heterocycles. The van der Waals surface area contributed by atoms with Gasteiger partial charge in [0.05, 0.1) is 18.7 Å². The van der Waals surface area contributed by atoms with Crippen molar-refractivity contribution in [2.75, 3.05) is 52.5 Å². The summed E-state index contributed by atoms with van der Waals surface area (Å²) in [5, 5.41) is 6.27. The predicted octanol–water partition coefficient (Wildman–Crippen LogP) is 2.00. The number of likely N-dealkylation sites (tertiary alicyclic amines) is 1. The second-order valence-electron chi connectivity index (χ2n) is 11.9. The quantitative estimate of drug-likeness (QED) is 0.362. The molecular formula is C32H42N6O7. The van der Waals surface area contributed by atoms with Gasteiger partial charge in [-0.05, 0) is 56.7 Å². The first-order chi connectivity index (χ1) is 21.7. The van der Waals surface area contributed by atoms with Gasteiger partial charge < -0.3 is 34.8 Å². The Bertz CT molecular complexity index is 1440. The van der Waals surface area contributed by atoms with Crippen molar-refractivity contribution in [1.82, 2.24) is 30.3 Å². The van der Waals surface area contributed by atoms with E-state index in [1.54, 1.807) is 14.7 Å². The predicted molar refractivity (Wildman–Crippen MR) is 165 cm³/mol. The number of hydrogen-bond acceptors (Lipinski definition) is 8. The van der Waals surface area contributed by atoms with Crippen LogP contribution in [0.5, 0.6) is 5.75 Å². The summed E-state index contributed by atoms with van der Waals surface area (Å²) >= 11 is 0. The van der Waals surface area contributed by atoms with Crippen LogP contribution in [0.2, 0.25) is 0 Å². The number of piperazine rings is 1. The second-order valence-corrected chi connectivity index (χ2v) is 11.9. The summed E-state index contributed by atoms with van der Waals surface area (Å²) in [6.45, 7) is 5.67. The van der Waals surface area contributed by atoms with Crippen LogP contribution in [-0.2, 0) is 19.1 Å². The molecule has 5 rings (SSSR count). The highest BCUT2D eigenvalue weighted by atomic mass is 16.6. The molecule has 3 heterocycles. The molecule has 3 fully saturated rings. The molecule has 45 heavy (non-hydrogen) atoms. The van der Waals surface area contributed by atoms with Gasteiger partial charge in [0.1, 0.15) is 17.5 Å². The molecule has 242 valence electrons. The monoisotopic (exact) mass is 622 g/mol. The lowest BCUT2D eigenvalue weighted by Crippen LogP contribution is -2.52. The number of carbonyl (C=O) groups is 5. The lowest BCUT2D eigenvalue weighted by atomic mass is 10.1. The maximum Gasteiger partial charge on any atom is 0.409 e. The molecule has 1 saturated carbocycles. The molecule has 1 aromatic carbocycles. The van der Waals surface area contributed by atoms with Gasteiger partial charge in [0.25, 0.3) is 11.8 Å². The van der Waals surface area contributed by atoms with Crippen LogP contribution in [0.3, 0.4) is 0 Å². The second kappa shape index (κ2) is 14.6. The number of aryl methyl sites for hydroxylation is 1. The Morgan fingerprint density at radius 3 is 2.44 bits per heavy atom. The van der Waals surface area contributed by atoms with E-state index in [0.717, 1.165) is 37.7 Å². The standard InChI is InChI=1S/C32H42N6O7/c1-3-4-16-44-32(43)37-14-12-36(13-15-37)28(39)19-33-30(41)25-18-27(23-10-7-21(2)17-24(23)35-25)45-20-29(40)38-11-5-6-26(38)31(42)34-22-8-9-22/h7,10,17-18,22,26H,3-6,8-9,11-16,19-20H2,1-2H3,(H,33,41)(H,34,42). The maximum absolute atomic E-state index is 13.1. The van der Waals surface area contributed by atoms with Crippen LogP contribution in [0.25, 0.3) is 10.9 Å². The number of pyridine rings is 1. The highest BCUT2D eigenvalue weighted by molar-refractivity contribution is 5.99. The minimum absolute atomic E-state index is 0.0471. The van der Waals surface area contributed by atoms with Gasteiger partial charge in [-0.3, -0.25) is 19.2 Å². The zero-order valence-electron chi connectivity index (χ0n) is 26.0. The van der Waals surface area contributed by atoms with Gasteiger partial charge in [-0.2, -0.15) is 0 Å². The number of fused-ring (bicyclic) bond motifs is 1. The van der Waals surface area contributed by atoms with E-state index in [1.807, 2.05) is 32.0 Å². The van der Waals surface area contributed by atoms with Crippen molar-refractivity contribution in [3.8, 4) is 5.75 Å². The third-order valence-corrected chi connectivity index (χ3v) is 8.32. The third kappa shape index (κ3) is 8.20. The molecule has 1 unspecified atom stereocenters. The van der Waals surface area contributed by atoms with Crippen LogP contribution in [0.15, 0.2) is 24.3 Å². The fraction of sp³-hybridized carbons (Fsp3) is 0.562. The number of nitrogens with zero attached hydrogens (tertiary/aromatic N) is 4.